The van der Waals surface area contributed by atoms with E-state index in [0.29, 0.717) is 6.54 Å². The Morgan fingerprint density at radius 3 is 2.50 bits per heavy atom. The van der Waals surface area contributed by atoms with Crippen molar-refractivity contribution < 1.29 is 24.2 Å². The van der Waals surface area contributed by atoms with Crippen LogP contribution in [0.5, 0.6) is 0 Å². The van der Waals surface area contributed by atoms with Gasteiger partial charge in [-0.2, -0.15) is 0 Å². The highest BCUT2D eigenvalue weighted by Crippen LogP contribution is 2.24. The van der Waals surface area contributed by atoms with Crippen LogP contribution in [0.3, 0.4) is 0 Å². The minimum absolute atomic E-state index is 0.00481. The standard InChI is InChI=1S/C10H15NO5/c1-6-4-11(8(12)3-9(13)14)5-7(6)10(15)16-2/h6-7H,3-5H2,1-2H3,(H,13,14). The maximum atomic E-state index is 11.5. The molecule has 0 spiro atoms. The Hall–Kier alpha value is -1.59. The molecule has 0 aliphatic carbocycles. The third-order valence-electron chi connectivity index (χ3n) is 2.77. The Bertz CT molecular complexity index is 314. The summed E-state index contributed by atoms with van der Waals surface area (Å²) < 4.78 is 4.62. The maximum absolute atomic E-state index is 11.5. The summed E-state index contributed by atoms with van der Waals surface area (Å²) in [5.41, 5.74) is 0. The first-order valence-electron chi connectivity index (χ1n) is 5.03. The van der Waals surface area contributed by atoms with Crippen LogP contribution >= 0.6 is 0 Å². The molecule has 0 radical (unpaired) electrons. The lowest BCUT2D eigenvalue weighted by Crippen LogP contribution is -2.31. The van der Waals surface area contributed by atoms with Gasteiger partial charge in [-0.3, -0.25) is 14.4 Å². The van der Waals surface area contributed by atoms with E-state index in [9.17, 15) is 14.4 Å². The molecule has 0 aromatic carbocycles. The third kappa shape index (κ3) is 2.71. The zero-order chi connectivity index (χ0) is 12.3. The van der Waals surface area contributed by atoms with Gasteiger partial charge in [0.25, 0.3) is 0 Å². The van der Waals surface area contributed by atoms with Crippen LogP contribution in [0.25, 0.3) is 0 Å². The van der Waals surface area contributed by atoms with Gasteiger partial charge in [-0.25, -0.2) is 0 Å². The van der Waals surface area contributed by atoms with E-state index in [0.717, 1.165) is 0 Å². The van der Waals surface area contributed by atoms with Crippen LogP contribution in [0.4, 0.5) is 0 Å². The van der Waals surface area contributed by atoms with Gasteiger partial charge in [0.05, 0.1) is 13.0 Å². The summed E-state index contributed by atoms with van der Waals surface area (Å²) in [6.45, 7) is 2.50. The zero-order valence-corrected chi connectivity index (χ0v) is 9.30. The number of carbonyl (C=O) groups is 3. The molecule has 1 aliphatic rings. The van der Waals surface area contributed by atoms with Crippen LogP contribution in [0.2, 0.25) is 0 Å². The number of hydrogen-bond acceptors (Lipinski definition) is 4. The van der Waals surface area contributed by atoms with Crippen molar-refractivity contribution in [3.8, 4) is 0 Å². The number of esters is 1. The Morgan fingerprint density at radius 2 is 2.00 bits per heavy atom. The van der Waals surface area contributed by atoms with Crippen molar-refractivity contribution in [1.82, 2.24) is 4.90 Å². The summed E-state index contributed by atoms with van der Waals surface area (Å²) in [5.74, 6) is -2.30. The van der Waals surface area contributed by atoms with Crippen molar-refractivity contribution >= 4 is 17.8 Å². The van der Waals surface area contributed by atoms with Crippen molar-refractivity contribution in [3.05, 3.63) is 0 Å². The van der Waals surface area contributed by atoms with Crippen LogP contribution in [0, 0.1) is 11.8 Å². The molecule has 1 rings (SSSR count). The molecule has 0 saturated carbocycles. The Balaban J connectivity index is 2.59. The lowest BCUT2D eigenvalue weighted by Gasteiger charge is -2.14. The molecule has 1 fully saturated rings. The predicted octanol–water partition coefficient (Wildman–Crippen LogP) is -0.271. The number of likely N-dealkylation sites (tertiary alicyclic amines) is 1. The highest BCUT2D eigenvalue weighted by atomic mass is 16.5. The Labute approximate surface area is 93.2 Å². The second-order valence-corrected chi connectivity index (χ2v) is 3.98. The van der Waals surface area contributed by atoms with E-state index in [1.165, 1.54) is 12.0 Å². The Morgan fingerprint density at radius 1 is 1.38 bits per heavy atom. The van der Waals surface area contributed by atoms with Crippen molar-refractivity contribution in [1.29, 1.82) is 0 Å². The molecule has 16 heavy (non-hydrogen) atoms. The second-order valence-electron chi connectivity index (χ2n) is 3.98. The van der Waals surface area contributed by atoms with Gasteiger partial charge in [0, 0.05) is 13.1 Å². The van der Waals surface area contributed by atoms with E-state index < -0.39 is 18.3 Å². The lowest BCUT2D eigenvalue weighted by molar-refractivity contribution is -0.146. The van der Waals surface area contributed by atoms with E-state index in [4.69, 9.17) is 5.11 Å². The molecular weight excluding hydrogens is 214 g/mol. The number of carboxylic acid groups (broad SMARTS) is 1. The first-order chi connectivity index (χ1) is 7.45. The lowest BCUT2D eigenvalue weighted by atomic mass is 9.99. The van der Waals surface area contributed by atoms with Crippen LogP contribution < -0.4 is 0 Å². The van der Waals surface area contributed by atoms with Gasteiger partial charge in [0.1, 0.15) is 6.42 Å². The quantitative estimate of drug-likeness (QED) is 0.532. The van der Waals surface area contributed by atoms with Gasteiger partial charge < -0.3 is 14.7 Å². The highest BCUT2D eigenvalue weighted by Gasteiger charge is 2.37. The molecule has 6 heteroatoms. The molecule has 90 valence electrons. The summed E-state index contributed by atoms with van der Waals surface area (Å²) in [5, 5.41) is 8.49. The summed E-state index contributed by atoms with van der Waals surface area (Å²) >= 11 is 0. The van der Waals surface area contributed by atoms with Crippen molar-refractivity contribution in [2.75, 3.05) is 20.2 Å². The minimum atomic E-state index is -1.15. The predicted molar refractivity (Wildman–Crippen MR) is 53.5 cm³/mol. The van der Waals surface area contributed by atoms with Crippen molar-refractivity contribution in [2.24, 2.45) is 11.8 Å². The first-order valence-corrected chi connectivity index (χ1v) is 5.03. The van der Waals surface area contributed by atoms with Gasteiger partial charge >= 0.3 is 11.9 Å². The molecule has 1 saturated heterocycles. The molecule has 2 atom stereocenters. The molecule has 0 bridgehead atoms. The number of methoxy groups -OCH3 is 1. The maximum Gasteiger partial charge on any atom is 0.312 e. The van der Waals surface area contributed by atoms with Gasteiger partial charge in [0.2, 0.25) is 5.91 Å². The number of nitrogens with zero attached hydrogens (tertiary/aromatic N) is 1. The highest BCUT2D eigenvalue weighted by molar-refractivity contribution is 5.93. The van der Waals surface area contributed by atoms with Gasteiger partial charge in [-0.15, -0.1) is 0 Å². The van der Waals surface area contributed by atoms with E-state index >= 15 is 0 Å². The number of carbonyl (C=O) groups excluding carboxylic acids is 2. The number of aliphatic carboxylic acids is 1. The second kappa shape index (κ2) is 4.96. The number of carboxylic acids is 1. The van der Waals surface area contributed by atoms with Gasteiger partial charge in [-0.05, 0) is 5.92 Å². The normalized spacial score (nSPS) is 24.2. The molecule has 1 amide bonds. The van der Waals surface area contributed by atoms with Crippen LogP contribution in [0.1, 0.15) is 13.3 Å². The summed E-state index contributed by atoms with van der Waals surface area (Å²) in [6.07, 6.45) is -0.527. The van der Waals surface area contributed by atoms with Crippen LogP contribution in [-0.2, 0) is 19.1 Å². The molecule has 1 N–H and O–H groups in total. The third-order valence-corrected chi connectivity index (χ3v) is 2.77. The molecule has 1 aliphatic heterocycles. The molecule has 0 aromatic rings. The summed E-state index contributed by atoms with van der Waals surface area (Å²) in [4.78, 5) is 34.6. The average molecular weight is 229 g/mol. The first kappa shape index (κ1) is 12.5. The molecule has 1 heterocycles. The Kier molecular flexibility index (Phi) is 3.87. The summed E-state index contributed by atoms with van der Waals surface area (Å²) in [7, 11) is 1.30. The number of rotatable bonds is 3. The van der Waals surface area contributed by atoms with Crippen LogP contribution in [0.15, 0.2) is 0 Å². The molecular formula is C10H15NO5. The van der Waals surface area contributed by atoms with Gasteiger partial charge in [-0.1, -0.05) is 6.92 Å². The average Bonchev–Trinajstić information content (AvgIpc) is 2.58. The fourth-order valence-corrected chi connectivity index (χ4v) is 1.87. The van der Waals surface area contributed by atoms with E-state index in [1.54, 1.807) is 0 Å². The molecule has 6 nitrogen and oxygen atoms in total. The van der Waals surface area contributed by atoms with E-state index in [2.05, 4.69) is 4.74 Å². The topological polar surface area (TPSA) is 83.9 Å². The van der Waals surface area contributed by atoms with Crippen LogP contribution in [-0.4, -0.2) is 48.1 Å². The number of hydrogen-bond donors (Lipinski definition) is 1. The smallest absolute Gasteiger partial charge is 0.312 e. The molecule has 0 aromatic heterocycles. The van der Waals surface area contributed by atoms with E-state index in [-0.39, 0.29) is 24.3 Å². The number of ether oxygens (including phenoxy) is 1. The summed E-state index contributed by atoms with van der Waals surface area (Å²) in [6, 6.07) is 0. The van der Waals surface area contributed by atoms with E-state index in [1.807, 2.05) is 6.92 Å². The fraction of sp³-hybridized carbons (Fsp3) is 0.700. The fourth-order valence-electron chi connectivity index (χ4n) is 1.87. The SMILES string of the molecule is COC(=O)C1CN(C(=O)CC(=O)O)CC1C. The minimum Gasteiger partial charge on any atom is -0.481 e. The number of amides is 1. The monoisotopic (exact) mass is 229 g/mol. The largest absolute Gasteiger partial charge is 0.481 e. The van der Waals surface area contributed by atoms with Gasteiger partial charge in [0.15, 0.2) is 0 Å². The zero-order valence-electron chi connectivity index (χ0n) is 9.30. The van der Waals surface area contributed by atoms with Crippen molar-refractivity contribution in [2.45, 2.75) is 13.3 Å². The molecule has 2 unspecified atom stereocenters. The van der Waals surface area contributed by atoms with Crippen molar-refractivity contribution in [3.63, 3.8) is 0 Å².